The van der Waals surface area contributed by atoms with E-state index in [0.717, 1.165) is 61.8 Å². The lowest BCUT2D eigenvalue weighted by Crippen LogP contribution is -2.30. The third-order valence-electron chi connectivity index (χ3n) is 6.19. The number of hydrogen-bond donors (Lipinski definition) is 5. The van der Waals surface area contributed by atoms with Crippen LogP contribution in [0.15, 0.2) is 76.7 Å². The van der Waals surface area contributed by atoms with Gasteiger partial charge in [0.25, 0.3) is 11.8 Å². The SMILES string of the molecule is Cl.Nc1cc(C(=O)Nc2ccc(C3=NCCCN3)cc2)ccc1C(=O)Nc1ccc(C2=NCCCN2)cc1. The minimum atomic E-state index is -0.347. The summed E-state index contributed by atoms with van der Waals surface area (Å²) in [7, 11) is 0. The number of amidine groups is 2. The Morgan fingerprint density at radius 1 is 0.711 bits per heavy atom. The van der Waals surface area contributed by atoms with E-state index in [-0.39, 0.29) is 29.9 Å². The highest BCUT2D eigenvalue weighted by molar-refractivity contribution is 6.10. The molecule has 0 fully saturated rings. The van der Waals surface area contributed by atoms with E-state index >= 15 is 0 Å². The number of nitrogen functional groups attached to an aromatic ring is 1. The number of hydrogen-bond acceptors (Lipinski definition) is 7. The van der Waals surface area contributed by atoms with Gasteiger partial charge in [0, 0.05) is 59.9 Å². The number of carbonyl (C=O) groups is 2. The van der Waals surface area contributed by atoms with Gasteiger partial charge in [-0.2, -0.15) is 0 Å². The minimum Gasteiger partial charge on any atom is -0.398 e. The molecule has 5 rings (SSSR count). The molecule has 6 N–H and O–H groups in total. The predicted octanol–water partition coefficient (Wildman–Crippen LogP) is 3.68. The van der Waals surface area contributed by atoms with Crippen molar-refractivity contribution in [2.24, 2.45) is 9.98 Å². The summed E-state index contributed by atoms with van der Waals surface area (Å²) < 4.78 is 0. The zero-order valence-corrected chi connectivity index (χ0v) is 21.6. The predicted molar refractivity (Wildman–Crippen MR) is 155 cm³/mol. The monoisotopic (exact) mass is 531 g/mol. The van der Waals surface area contributed by atoms with Crippen molar-refractivity contribution in [1.82, 2.24) is 10.6 Å². The number of benzene rings is 3. The smallest absolute Gasteiger partial charge is 0.257 e. The summed E-state index contributed by atoms with van der Waals surface area (Å²) in [5.74, 6) is 1.08. The third kappa shape index (κ3) is 6.30. The van der Waals surface area contributed by atoms with Crippen molar-refractivity contribution in [3.8, 4) is 0 Å². The standard InChI is InChI=1S/C28H29N7O2.ClH/c29-24-17-20(27(36)34-21-8-3-18(4-9-21)25-30-13-1-14-31-25)7-12-23(24)28(37)35-22-10-5-19(6-11-22)26-32-15-2-16-33-26;/h3-12,17H,1-2,13-16,29H2,(H,30,31)(H,32,33)(H,34,36)(H,35,37);1H. The summed E-state index contributed by atoms with van der Waals surface area (Å²) in [5.41, 5.74) is 10.3. The van der Waals surface area contributed by atoms with Gasteiger partial charge in [0.15, 0.2) is 0 Å². The normalized spacial score (nSPS) is 14.5. The summed E-state index contributed by atoms with van der Waals surface area (Å²) in [6.45, 7) is 3.45. The number of rotatable bonds is 6. The maximum absolute atomic E-state index is 12.8. The Bertz CT molecular complexity index is 1370. The van der Waals surface area contributed by atoms with Crippen molar-refractivity contribution in [1.29, 1.82) is 0 Å². The summed E-state index contributed by atoms with van der Waals surface area (Å²) in [5, 5.41) is 12.3. The topological polar surface area (TPSA) is 133 Å². The molecule has 2 amide bonds. The van der Waals surface area contributed by atoms with E-state index in [1.54, 1.807) is 12.1 Å². The fraction of sp³-hybridized carbons (Fsp3) is 0.214. The van der Waals surface area contributed by atoms with Crippen LogP contribution < -0.4 is 27.0 Å². The molecular formula is C28H30ClN7O2. The van der Waals surface area contributed by atoms with Gasteiger partial charge in [-0.25, -0.2) is 0 Å². The molecule has 0 radical (unpaired) electrons. The van der Waals surface area contributed by atoms with Gasteiger partial charge in [-0.1, -0.05) is 0 Å². The number of halogens is 1. The van der Waals surface area contributed by atoms with Crippen molar-refractivity contribution in [3.05, 3.63) is 89.0 Å². The highest BCUT2D eigenvalue weighted by Crippen LogP contribution is 2.19. The average Bonchev–Trinajstić information content (AvgIpc) is 2.94. The number of carbonyl (C=O) groups excluding carboxylic acids is 2. The van der Waals surface area contributed by atoms with Gasteiger partial charge in [-0.15, -0.1) is 12.4 Å². The van der Waals surface area contributed by atoms with E-state index in [2.05, 4.69) is 31.3 Å². The van der Waals surface area contributed by atoms with Crippen molar-refractivity contribution in [2.45, 2.75) is 12.8 Å². The number of aliphatic imine (C=N–C) groups is 2. The van der Waals surface area contributed by atoms with E-state index in [9.17, 15) is 9.59 Å². The molecule has 0 aromatic heterocycles. The molecule has 2 aliphatic rings. The Kier molecular flexibility index (Phi) is 8.60. The Morgan fingerprint density at radius 2 is 1.21 bits per heavy atom. The maximum atomic E-state index is 12.8. The number of nitrogens with two attached hydrogens (primary N) is 1. The maximum Gasteiger partial charge on any atom is 0.257 e. The zero-order valence-electron chi connectivity index (χ0n) is 20.8. The zero-order chi connectivity index (χ0) is 25.6. The van der Waals surface area contributed by atoms with Crippen LogP contribution in [0.5, 0.6) is 0 Å². The molecule has 0 saturated carbocycles. The van der Waals surface area contributed by atoms with Crippen molar-refractivity contribution < 1.29 is 9.59 Å². The lowest BCUT2D eigenvalue weighted by Gasteiger charge is -2.15. The van der Waals surface area contributed by atoms with Gasteiger partial charge in [-0.3, -0.25) is 19.6 Å². The molecule has 0 bridgehead atoms. The largest absolute Gasteiger partial charge is 0.398 e. The Labute approximate surface area is 227 Å². The van der Waals surface area contributed by atoms with Gasteiger partial charge in [0.05, 0.1) is 5.56 Å². The molecule has 0 saturated heterocycles. The van der Waals surface area contributed by atoms with Gasteiger partial charge < -0.3 is 27.0 Å². The fourth-order valence-electron chi connectivity index (χ4n) is 4.19. The molecule has 0 aliphatic carbocycles. The van der Waals surface area contributed by atoms with Crippen molar-refractivity contribution in [3.63, 3.8) is 0 Å². The van der Waals surface area contributed by atoms with Gasteiger partial charge in [0.2, 0.25) is 0 Å². The number of anilines is 3. The third-order valence-corrected chi connectivity index (χ3v) is 6.19. The quantitative estimate of drug-likeness (QED) is 0.309. The molecule has 0 atom stereocenters. The lowest BCUT2D eigenvalue weighted by molar-refractivity contribution is 0.101. The van der Waals surface area contributed by atoms with E-state index in [1.807, 2.05) is 48.5 Å². The molecule has 0 unspecified atom stereocenters. The Hall–Kier alpha value is -4.37. The first kappa shape index (κ1) is 26.7. The highest BCUT2D eigenvalue weighted by Gasteiger charge is 2.15. The summed E-state index contributed by atoms with van der Waals surface area (Å²) >= 11 is 0. The first-order chi connectivity index (χ1) is 18.1. The fourth-order valence-corrected chi connectivity index (χ4v) is 4.19. The van der Waals surface area contributed by atoms with Crippen molar-refractivity contribution in [2.75, 3.05) is 42.5 Å². The molecule has 9 nitrogen and oxygen atoms in total. The van der Waals surface area contributed by atoms with E-state index in [1.165, 1.54) is 6.07 Å². The first-order valence-corrected chi connectivity index (χ1v) is 12.4. The Morgan fingerprint density at radius 3 is 1.66 bits per heavy atom. The van der Waals surface area contributed by atoms with Crippen LogP contribution in [0.25, 0.3) is 0 Å². The highest BCUT2D eigenvalue weighted by atomic mass is 35.5. The van der Waals surface area contributed by atoms with Crippen LogP contribution in [0.1, 0.15) is 44.7 Å². The van der Waals surface area contributed by atoms with E-state index < -0.39 is 0 Å². The molecular weight excluding hydrogens is 502 g/mol. The van der Waals surface area contributed by atoms with Gasteiger partial charge in [-0.05, 0) is 79.6 Å². The minimum absolute atomic E-state index is 0. The second kappa shape index (κ2) is 12.2. The molecule has 196 valence electrons. The van der Waals surface area contributed by atoms with Crippen LogP contribution in [0.4, 0.5) is 17.1 Å². The summed E-state index contributed by atoms with van der Waals surface area (Å²) in [6, 6.07) is 19.6. The molecule has 2 heterocycles. The number of amides is 2. The van der Waals surface area contributed by atoms with Crippen LogP contribution in [0, 0.1) is 0 Å². The molecule has 2 aliphatic heterocycles. The summed E-state index contributed by atoms with van der Waals surface area (Å²) in [4.78, 5) is 34.5. The first-order valence-electron chi connectivity index (χ1n) is 12.4. The summed E-state index contributed by atoms with van der Waals surface area (Å²) in [6.07, 6.45) is 2.06. The van der Waals surface area contributed by atoms with Crippen LogP contribution in [-0.2, 0) is 0 Å². The van der Waals surface area contributed by atoms with Crippen LogP contribution in [0.2, 0.25) is 0 Å². The second-order valence-electron chi connectivity index (χ2n) is 8.89. The molecule has 10 heteroatoms. The number of nitrogens with one attached hydrogen (secondary N) is 4. The van der Waals surface area contributed by atoms with Crippen LogP contribution >= 0.6 is 12.4 Å². The van der Waals surface area contributed by atoms with Crippen molar-refractivity contribution >= 4 is 53.0 Å². The molecule has 38 heavy (non-hydrogen) atoms. The molecule has 3 aromatic carbocycles. The lowest BCUT2D eigenvalue weighted by atomic mass is 10.1. The van der Waals surface area contributed by atoms with Crippen LogP contribution in [0.3, 0.4) is 0 Å². The van der Waals surface area contributed by atoms with E-state index in [4.69, 9.17) is 5.73 Å². The second-order valence-corrected chi connectivity index (χ2v) is 8.89. The molecule has 0 spiro atoms. The van der Waals surface area contributed by atoms with E-state index in [0.29, 0.717) is 22.5 Å². The molecule has 3 aromatic rings. The van der Waals surface area contributed by atoms with Crippen LogP contribution in [-0.4, -0.2) is 49.7 Å². The van der Waals surface area contributed by atoms with Gasteiger partial charge >= 0.3 is 0 Å². The Balaban J connectivity index is 0.00000336. The van der Waals surface area contributed by atoms with Gasteiger partial charge in [0.1, 0.15) is 11.7 Å². The average molecular weight is 532 g/mol. The number of nitrogens with zero attached hydrogens (tertiary/aromatic N) is 2.